The molecule has 166 valence electrons. The lowest BCUT2D eigenvalue weighted by Gasteiger charge is -2.15. The summed E-state index contributed by atoms with van der Waals surface area (Å²) in [6, 6.07) is 6.74. The number of methoxy groups -OCH3 is 1. The van der Waals surface area contributed by atoms with Crippen molar-refractivity contribution in [1.82, 2.24) is 4.90 Å². The Morgan fingerprint density at radius 1 is 1.10 bits per heavy atom. The molecule has 2 rings (SSSR count). The summed E-state index contributed by atoms with van der Waals surface area (Å²) in [4.78, 5) is 25.4. The van der Waals surface area contributed by atoms with Gasteiger partial charge in [-0.25, -0.2) is 13.2 Å². The van der Waals surface area contributed by atoms with Gasteiger partial charge in [-0.1, -0.05) is 6.07 Å². The van der Waals surface area contributed by atoms with E-state index < -0.39 is 41.5 Å². The zero-order chi connectivity index (χ0) is 23.1. The molecule has 2 aromatic rings. The molecule has 0 atom stereocenters. The van der Waals surface area contributed by atoms with Crippen LogP contribution in [-0.4, -0.2) is 43.5 Å². The fraction of sp³-hybridized carbons (Fsp3) is 0.273. The van der Waals surface area contributed by atoms with E-state index in [0.29, 0.717) is 23.1 Å². The fourth-order valence-electron chi connectivity index (χ4n) is 2.54. The van der Waals surface area contributed by atoms with E-state index in [-0.39, 0.29) is 6.10 Å². The summed E-state index contributed by atoms with van der Waals surface area (Å²) in [5, 5.41) is 2.11. The van der Waals surface area contributed by atoms with Gasteiger partial charge in [0, 0.05) is 13.1 Å². The van der Waals surface area contributed by atoms with Crippen molar-refractivity contribution in [3.8, 4) is 11.5 Å². The maximum atomic E-state index is 13.6. The lowest BCUT2D eigenvalue weighted by atomic mass is 10.2. The second-order valence-corrected chi connectivity index (χ2v) is 6.88. The standard InChI is InChI=1S/C22H23F3N2O4/c1-13(2)31-17-9-5-14(11-18(17)30-4)6-10-20(29)27(3)12-19(28)26-16-8-7-15(23)21(24)22(16)25/h5-11,13H,12H2,1-4H3,(H,26,28)/b10-6+. The first-order valence-electron chi connectivity index (χ1n) is 9.33. The Balaban J connectivity index is 1.99. The van der Waals surface area contributed by atoms with Gasteiger partial charge in [0.1, 0.15) is 0 Å². The topological polar surface area (TPSA) is 67.9 Å². The van der Waals surface area contributed by atoms with Crippen LogP contribution < -0.4 is 14.8 Å². The average molecular weight is 436 g/mol. The number of likely N-dealkylation sites (N-methyl/N-ethyl adjacent to an activating group) is 1. The normalized spacial score (nSPS) is 11.0. The number of hydrogen-bond donors (Lipinski definition) is 1. The zero-order valence-corrected chi connectivity index (χ0v) is 17.5. The zero-order valence-electron chi connectivity index (χ0n) is 17.5. The number of rotatable bonds is 8. The molecule has 2 amide bonds. The average Bonchev–Trinajstić information content (AvgIpc) is 2.72. The summed E-state index contributed by atoms with van der Waals surface area (Å²) < 4.78 is 50.8. The highest BCUT2D eigenvalue weighted by Crippen LogP contribution is 2.29. The Hall–Kier alpha value is -3.49. The van der Waals surface area contributed by atoms with Crippen molar-refractivity contribution >= 4 is 23.6 Å². The van der Waals surface area contributed by atoms with Crippen LogP contribution in [0.15, 0.2) is 36.4 Å². The molecular formula is C22H23F3N2O4. The number of ether oxygens (including phenoxy) is 2. The van der Waals surface area contributed by atoms with Crippen LogP contribution >= 0.6 is 0 Å². The van der Waals surface area contributed by atoms with E-state index in [1.165, 1.54) is 26.3 Å². The molecule has 0 radical (unpaired) electrons. The van der Waals surface area contributed by atoms with Gasteiger partial charge in [0.25, 0.3) is 0 Å². The van der Waals surface area contributed by atoms with Crippen molar-refractivity contribution in [2.45, 2.75) is 20.0 Å². The second kappa shape index (κ2) is 10.5. The minimum atomic E-state index is -1.69. The van der Waals surface area contributed by atoms with Gasteiger partial charge in [-0.2, -0.15) is 0 Å². The predicted octanol–water partition coefficient (Wildman–Crippen LogP) is 4.01. The third kappa shape index (κ3) is 6.50. The number of nitrogens with zero attached hydrogens (tertiary/aromatic N) is 1. The second-order valence-electron chi connectivity index (χ2n) is 6.88. The van der Waals surface area contributed by atoms with E-state index >= 15 is 0 Å². The molecule has 0 saturated carbocycles. The Bertz CT molecular complexity index is 993. The highest BCUT2D eigenvalue weighted by Gasteiger charge is 2.17. The Labute approximate surface area is 178 Å². The number of carbonyl (C=O) groups excluding carboxylic acids is 2. The van der Waals surface area contributed by atoms with E-state index in [9.17, 15) is 22.8 Å². The number of benzene rings is 2. The first-order chi connectivity index (χ1) is 14.6. The van der Waals surface area contributed by atoms with Crippen LogP contribution in [0.2, 0.25) is 0 Å². The third-order valence-electron chi connectivity index (χ3n) is 4.03. The maximum Gasteiger partial charge on any atom is 0.246 e. The molecule has 2 aromatic carbocycles. The molecule has 9 heteroatoms. The van der Waals surface area contributed by atoms with Crippen molar-refractivity contribution < 1.29 is 32.2 Å². The van der Waals surface area contributed by atoms with Gasteiger partial charge in [0.15, 0.2) is 29.0 Å². The SMILES string of the molecule is COc1cc(/C=C/C(=O)N(C)CC(=O)Nc2ccc(F)c(F)c2F)ccc1OC(C)C. The number of halogens is 3. The molecule has 6 nitrogen and oxygen atoms in total. The summed E-state index contributed by atoms with van der Waals surface area (Å²) in [6.45, 7) is 3.35. The molecule has 0 unspecified atom stereocenters. The predicted molar refractivity (Wildman–Crippen MR) is 110 cm³/mol. The molecule has 0 saturated heterocycles. The molecule has 0 aromatic heterocycles. The fourth-order valence-corrected chi connectivity index (χ4v) is 2.54. The van der Waals surface area contributed by atoms with Crippen LogP contribution in [0.4, 0.5) is 18.9 Å². The highest BCUT2D eigenvalue weighted by molar-refractivity contribution is 5.98. The Morgan fingerprint density at radius 3 is 2.45 bits per heavy atom. The first kappa shape index (κ1) is 23.8. The smallest absolute Gasteiger partial charge is 0.246 e. The van der Waals surface area contributed by atoms with Gasteiger partial charge in [-0.05, 0) is 49.8 Å². The molecule has 0 aliphatic heterocycles. The number of amides is 2. The first-order valence-corrected chi connectivity index (χ1v) is 9.33. The Kier molecular flexibility index (Phi) is 8.07. The number of anilines is 1. The van der Waals surface area contributed by atoms with Crippen LogP contribution in [0, 0.1) is 17.5 Å². The highest BCUT2D eigenvalue weighted by atomic mass is 19.2. The molecular weight excluding hydrogens is 413 g/mol. The minimum absolute atomic E-state index is 0.0310. The van der Waals surface area contributed by atoms with Crippen molar-refractivity contribution in [2.75, 3.05) is 26.0 Å². The number of hydrogen-bond acceptors (Lipinski definition) is 4. The summed E-state index contributed by atoms with van der Waals surface area (Å²) in [5.74, 6) is -4.77. The largest absolute Gasteiger partial charge is 0.493 e. The van der Waals surface area contributed by atoms with E-state index in [2.05, 4.69) is 5.32 Å². The minimum Gasteiger partial charge on any atom is -0.493 e. The van der Waals surface area contributed by atoms with Gasteiger partial charge >= 0.3 is 0 Å². The van der Waals surface area contributed by atoms with Gasteiger partial charge in [-0.15, -0.1) is 0 Å². The lowest BCUT2D eigenvalue weighted by Crippen LogP contribution is -2.34. The van der Waals surface area contributed by atoms with E-state index in [1.54, 1.807) is 18.2 Å². The van der Waals surface area contributed by atoms with Crippen molar-refractivity contribution in [2.24, 2.45) is 0 Å². The van der Waals surface area contributed by atoms with Crippen LogP contribution in [0.5, 0.6) is 11.5 Å². The Morgan fingerprint density at radius 2 is 1.81 bits per heavy atom. The van der Waals surface area contributed by atoms with Crippen LogP contribution in [0.1, 0.15) is 19.4 Å². The molecule has 31 heavy (non-hydrogen) atoms. The maximum absolute atomic E-state index is 13.6. The number of nitrogens with one attached hydrogen (secondary N) is 1. The van der Waals surface area contributed by atoms with Gasteiger partial charge in [0.05, 0.1) is 25.4 Å². The molecule has 0 aliphatic carbocycles. The van der Waals surface area contributed by atoms with Crippen LogP contribution in [0.3, 0.4) is 0 Å². The van der Waals surface area contributed by atoms with E-state index in [4.69, 9.17) is 9.47 Å². The summed E-state index contributed by atoms with van der Waals surface area (Å²) in [5.41, 5.74) is 0.152. The summed E-state index contributed by atoms with van der Waals surface area (Å²) in [7, 11) is 2.87. The van der Waals surface area contributed by atoms with Gasteiger partial charge < -0.3 is 19.7 Å². The van der Waals surface area contributed by atoms with Crippen LogP contribution in [-0.2, 0) is 9.59 Å². The third-order valence-corrected chi connectivity index (χ3v) is 4.03. The molecule has 0 bridgehead atoms. The van der Waals surface area contributed by atoms with Gasteiger partial charge in [-0.3, -0.25) is 9.59 Å². The van der Waals surface area contributed by atoms with Crippen LogP contribution in [0.25, 0.3) is 6.08 Å². The molecule has 0 fully saturated rings. The molecule has 0 spiro atoms. The van der Waals surface area contributed by atoms with Crippen molar-refractivity contribution in [3.63, 3.8) is 0 Å². The molecule has 0 heterocycles. The lowest BCUT2D eigenvalue weighted by molar-refractivity contribution is -0.129. The van der Waals surface area contributed by atoms with E-state index in [1.807, 2.05) is 13.8 Å². The van der Waals surface area contributed by atoms with Gasteiger partial charge in [0.2, 0.25) is 11.8 Å². The molecule has 1 N–H and O–H groups in total. The van der Waals surface area contributed by atoms with Crippen molar-refractivity contribution in [3.05, 3.63) is 59.4 Å². The molecule has 0 aliphatic rings. The number of carbonyl (C=O) groups is 2. The summed E-state index contributed by atoms with van der Waals surface area (Å²) >= 11 is 0. The van der Waals surface area contributed by atoms with Crippen molar-refractivity contribution in [1.29, 1.82) is 0 Å². The van der Waals surface area contributed by atoms with E-state index in [0.717, 1.165) is 11.0 Å². The summed E-state index contributed by atoms with van der Waals surface area (Å²) in [6.07, 6.45) is 2.76. The monoisotopic (exact) mass is 436 g/mol. The quantitative estimate of drug-likeness (QED) is 0.502.